The molecule has 0 saturated carbocycles. The molecule has 1 unspecified atom stereocenters. The second kappa shape index (κ2) is 9.68. The molecule has 5 rings (SSSR count). The molecular weight excluding hydrogens is 481 g/mol. The van der Waals surface area contributed by atoms with Crippen LogP contribution in [-0.2, 0) is 9.59 Å². The Morgan fingerprint density at radius 2 is 1.50 bits per heavy atom. The summed E-state index contributed by atoms with van der Waals surface area (Å²) in [5.41, 5.74) is 1.08. The lowest BCUT2D eigenvalue weighted by molar-refractivity contribution is -0.132. The molecule has 0 radical (unpaired) electrons. The SMILES string of the molecule is O=C1C(=O)N(c2ccc(F)cc2)C(c2cccc(Oc3ccccc3)c2)/C1=C(/O)c1ccc(Cl)cc1. The fraction of sp³-hybridized carbons (Fsp3) is 0.0345. The molecule has 4 aromatic rings. The van der Waals surface area contributed by atoms with Crippen LogP contribution < -0.4 is 9.64 Å². The zero-order valence-electron chi connectivity index (χ0n) is 18.8. The van der Waals surface area contributed by atoms with Crippen molar-refractivity contribution in [3.63, 3.8) is 0 Å². The van der Waals surface area contributed by atoms with Gasteiger partial charge in [-0.3, -0.25) is 14.5 Å². The van der Waals surface area contributed by atoms with E-state index in [0.29, 0.717) is 33.3 Å². The summed E-state index contributed by atoms with van der Waals surface area (Å²) < 4.78 is 19.6. The molecule has 5 nitrogen and oxygen atoms in total. The predicted octanol–water partition coefficient (Wildman–Crippen LogP) is 6.90. The van der Waals surface area contributed by atoms with Crippen LogP contribution in [0.3, 0.4) is 0 Å². The second-order valence-electron chi connectivity index (χ2n) is 8.14. The first kappa shape index (κ1) is 23.3. The number of hydrogen-bond acceptors (Lipinski definition) is 4. The van der Waals surface area contributed by atoms with E-state index in [1.54, 1.807) is 60.7 Å². The Hall–Kier alpha value is -4.42. The number of aliphatic hydroxyl groups excluding tert-OH is 1. The van der Waals surface area contributed by atoms with Crippen molar-refractivity contribution in [1.82, 2.24) is 0 Å². The summed E-state index contributed by atoms with van der Waals surface area (Å²) in [6.07, 6.45) is 0. The Balaban J connectivity index is 1.66. The highest BCUT2D eigenvalue weighted by Gasteiger charge is 2.47. The highest BCUT2D eigenvalue weighted by molar-refractivity contribution is 6.51. The van der Waals surface area contributed by atoms with E-state index in [4.69, 9.17) is 16.3 Å². The quantitative estimate of drug-likeness (QED) is 0.184. The molecule has 0 aliphatic carbocycles. The van der Waals surface area contributed by atoms with E-state index in [0.717, 1.165) is 0 Å². The molecular formula is C29H19ClFNO4. The van der Waals surface area contributed by atoms with Crippen molar-refractivity contribution < 1.29 is 23.8 Å². The van der Waals surface area contributed by atoms with Crippen LogP contribution in [0.4, 0.5) is 10.1 Å². The van der Waals surface area contributed by atoms with Crippen LogP contribution in [0, 0.1) is 5.82 Å². The largest absolute Gasteiger partial charge is 0.507 e. The lowest BCUT2D eigenvalue weighted by Crippen LogP contribution is -2.29. The van der Waals surface area contributed by atoms with Gasteiger partial charge in [0.1, 0.15) is 23.1 Å². The van der Waals surface area contributed by atoms with Gasteiger partial charge in [-0.05, 0) is 78.4 Å². The normalized spacial score (nSPS) is 16.8. The molecule has 1 atom stereocenters. The zero-order valence-corrected chi connectivity index (χ0v) is 19.5. The van der Waals surface area contributed by atoms with Crippen molar-refractivity contribution in [3.8, 4) is 11.5 Å². The summed E-state index contributed by atoms with van der Waals surface area (Å²) >= 11 is 5.98. The Kier molecular flexibility index (Phi) is 6.27. The summed E-state index contributed by atoms with van der Waals surface area (Å²) in [6.45, 7) is 0. The molecule has 1 amide bonds. The molecule has 1 heterocycles. The molecule has 7 heteroatoms. The topological polar surface area (TPSA) is 66.8 Å². The van der Waals surface area contributed by atoms with Crippen molar-refractivity contribution in [2.75, 3.05) is 4.90 Å². The maximum Gasteiger partial charge on any atom is 0.300 e. The van der Waals surface area contributed by atoms with Gasteiger partial charge in [0.05, 0.1) is 11.6 Å². The third kappa shape index (κ3) is 4.46. The maximum atomic E-state index is 13.6. The first-order valence-electron chi connectivity index (χ1n) is 11.1. The van der Waals surface area contributed by atoms with Gasteiger partial charge in [0.15, 0.2) is 0 Å². The third-order valence-corrected chi connectivity index (χ3v) is 6.07. The van der Waals surface area contributed by atoms with Crippen molar-refractivity contribution in [2.45, 2.75) is 6.04 Å². The number of Topliss-reactive ketones (excluding diaryl/α,β-unsaturated/α-hetero) is 1. The summed E-state index contributed by atoms with van der Waals surface area (Å²) in [7, 11) is 0. The summed E-state index contributed by atoms with van der Waals surface area (Å²) in [5.74, 6) is -1.42. The summed E-state index contributed by atoms with van der Waals surface area (Å²) in [5, 5.41) is 11.6. The highest BCUT2D eigenvalue weighted by atomic mass is 35.5. The molecule has 1 saturated heterocycles. The van der Waals surface area contributed by atoms with Crippen molar-refractivity contribution >= 4 is 34.7 Å². The van der Waals surface area contributed by atoms with Crippen LogP contribution in [0.15, 0.2) is 109 Å². The zero-order chi connectivity index (χ0) is 25.2. The minimum atomic E-state index is -0.981. The molecule has 1 fully saturated rings. The fourth-order valence-electron chi connectivity index (χ4n) is 4.15. The number of benzene rings is 4. The van der Waals surface area contributed by atoms with Crippen molar-refractivity contribution in [3.05, 3.63) is 131 Å². The van der Waals surface area contributed by atoms with Crippen LogP contribution >= 0.6 is 11.6 Å². The number of carbonyl (C=O) groups is 2. The van der Waals surface area contributed by atoms with Gasteiger partial charge >= 0.3 is 0 Å². The minimum Gasteiger partial charge on any atom is -0.507 e. The number of ketones is 1. The first-order valence-corrected chi connectivity index (χ1v) is 11.5. The van der Waals surface area contributed by atoms with E-state index in [-0.39, 0.29) is 11.3 Å². The molecule has 0 spiro atoms. The summed E-state index contributed by atoms with van der Waals surface area (Å²) in [4.78, 5) is 27.7. The van der Waals surface area contributed by atoms with Crippen molar-refractivity contribution in [1.29, 1.82) is 0 Å². The van der Waals surface area contributed by atoms with Gasteiger partial charge in [0.25, 0.3) is 11.7 Å². The number of nitrogens with zero attached hydrogens (tertiary/aromatic N) is 1. The van der Waals surface area contributed by atoms with Gasteiger partial charge < -0.3 is 9.84 Å². The maximum absolute atomic E-state index is 13.6. The lowest BCUT2D eigenvalue weighted by Gasteiger charge is -2.25. The monoisotopic (exact) mass is 499 g/mol. The number of carbonyl (C=O) groups excluding carboxylic acids is 2. The number of amides is 1. The predicted molar refractivity (Wildman–Crippen MR) is 136 cm³/mol. The van der Waals surface area contributed by atoms with E-state index in [1.165, 1.54) is 29.2 Å². The molecule has 0 aromatic heterocycles. The highest BCUT2D eigenvalue weighted by Crippen LogP contribution is 2.43. The molecule has 1 aliphatic rings. The Morgan fingerprint density at radius 1 is 0.833 bits per heavy atom. The number of halogens is 2. The second-order valence-corrected chi connectivity index (χ2v) is 8.58. The van der Waals surface area contributed by atoms with Gasteiger partial charge in [0.2, 0.25) is 0 Å². The van der Waals surface area contributed by atoms with E-state index in [2.05, 4.69) is 0 Å². The Bertz CT molecular complexity index is 1470. The van der Waals surface area contributed by atoms with Gasteiger partial charge in [-0.1, -0.05) is 41.9 Å². The number of anilines is 1. The molecule has 0 bridgehead atoms. The first-order chi connectivity index (χ1) is 17.4. The number of para-hydroxylation sites is 1. The average molecular weight is 500 g/mol. The van der Waals surface area contributed by atoms with Crippen LogP contribution in [0.5, 0.6) is 11.5 Å². The van der Waals surface area contributed by atoms with E-state index in [9.17, 15) is 19.1 Å². The number of ether oxygens (including phenoxy) is 1. The van der Waals surface area contributed by atoms with Crippen molar-refractivity contribution in [2.24, 2.45) is 0 Å². The van der Waals surface area contributed by atoms with E-state index >= 15 is 0 Å². The van der Waals surface area contributed by atoms with Crippen LogP contribution in [0.25, 0.3) is 5.76 Å². The standard InChI is InChI=1S/C29H19ClFNO4/c30-20-11-9-18(10-12-20)27(33)25-26(32(29(35)28(25)34)22-15-13-21(31)14-16-22)19-5-4-8-24(17-19)36-23-6-2-1-3-7-23/h1-17,26,33H/b27-25-. The minimum absolute atomic E-state index is 0.0940. The number of rotatable bonds is 5. The van der Waals surface area contributed by atoms with Crippen LogP contribution in [-0.4, -0.2) is 16.8 Å². The number of aliphatic hydroxyl groups is 1. The molecule has 1 aliphatic heterocycles. The van der Waals surface area contributed by atoms with Gasteiger partial charge in [-0.15, -0.1) is 0 Å². The fourth-order valence-corrected chi connectivity index (χ4v) is 4.28. The molecule has 178 valence electrons. The van der Waals surface area contributed by atoms with Crippen LogP contribution in [0.1, 0.15) is 17.2 Å². The Morgan fingerprint density at radius 3 is 2.19 bits per heavy atom. The van der Waals surface area contributed by atoms with Gasteiger partial charge in [0, 0.05) is 16.3 Å². The molecule has 36 heavy (non-hydrogen) atoms. The van der Waals surface area contributed by atoms with Crippen LogP contribution in [0.2, 0.25) is 5.02 Å². The molecule has 1 N–H and O–H groups in total. The molecule has 4 aromatic carbocycles. The Labute approximate surface area is 211 Å². The third-order valence-electron chi connectivity index (χ3n) is 5.82. The average Bonchev–Trinajstić information content (AvgIpc) is 3.16. The smallest absolute Gasteiger partial charge is 0.300 e. The van der Waals surface area contributed by atoms with E-state index in [1.807, 2.05) is 18.2 Å². The number of hydrogen-bond donors (Lipinski definition) is 1. The van der Waals surface area contributed by atoms with Gasteiger partial charge in [-0.25, -0.2) is 4.39 Å². The lowest BCUT2D eigenvalue weighted by atomic mass is 9.95. The summed E-state index contributed by atoms with van der Waals surface area (Å²) in [6, 6.07) is 26.6. The van der Waals surface area contributed by atoms with Gasteiger partial charge in [-0.2, -0.15) is 0 Å². The van der Waals surface area contributed by atoms with E-state index < -0.39 is 23.5 Å².